The molecule has 1 heterocycles. The summed E-state index contributed by atoms with van der Waals surface area (Å²) in [7, 11) is 0. The molecule has 0 saturated carbocycles. The van der Waals surface area contributed by atoms with Crippen molar-refractivity contribution in [2.24, 2.45) is 5.92 Å². The largest absolute Gasteiger partial charge is 0.383 e. The minimum Gasteiger partial charge on any atom is -0.383 e. The SMILES string of the molecule is CCC[C@H](C)C(O)C(=O)N[C@@H](C)c1ccncc1. The van der Waals surface area contributed by atoms with E-state index in [4.69, 9.17) is 0 Å². The fourth-order valence-corrected chi connectivity index (χ4v) is 1.91. The molecule has 0 spiro atoms. The standard InChI is InChI=1S/C14H22N2O2/c1-4-5-10(2)13(17)14(18)16-11(3)12-6-8-15-9-7-12/h6-11,13,17H,4-5H2,1-3H3,(H,16,18)/t10-,11-,13?/m0/s1. The van der Waals surface area contributed by atoms with E-state index < -0.39 is 6.10 Å². The molecule has 0 saturated heterocycles. The molecule has 0 radical (unpaired) electrons. The van der Waals surface area contributed by atoms with Gasteiger partial charge in [-0.05, 0) is 37.0 Å². The van der Waals surface area contributed by atoms with Gasteiger partial charge in [0, 0.05) is 12.4 Å². The van der Waals surface area contributed by atoms with Crippen LogP contribution < -0.4 is 5.32 Å². The first-order valence-electron chi connectivity index (χ1n) is 6.44. The summed E-state index contributed by atoms with van der Waals surface area (Å²) in [4.78, 5) is 15.8. The second kappa shape index (κ2) is 7.11. The van der Waals surface area contributed by atoms with Crippen molar-refractivity contribution in [1.82, 2.24) is 10.3 Å². The molecule has 0 fully saturated rings. The molecule has 0 aliphatic carbocycles. The minimum atomic E-state index is -0.936. The van der Waals surface area contributed by atoms with E-state index in [9.17, 15) is 9.90 Å². The normalized spacial score (nSPS) is 15.8. The van der Waals surface area contributed by atoms with Crippen molar-refractivity contribution in [3.05, 3.63) is 30.1 Å². The van der Waals surface area contributed by atoms with Crippen LogP contribution in [-0.4, -0.2) is 22.1 Å². The number of amides is 1. The van der Waals surface area contributed by atoms with E-state index in [-0.39, 0.29) is 17.9 Å². The van der Waals surface area contributed by atoms with Crippen LogP contribution in [0.25, 0.3) is 0 Å². The van der Waals surface area contributed by atoms with Gasteiger partial charge in [0.25, 0.3) is 0 Å². The average molecular weight is 250 g/mol. The smallest absolute Gasteiger partial charge is 0.249 e. The molecule has 0 aromatic carbocycles. The molecule has 1 aromatic heterocycles. The summed E-state index contributed by atoms with van der Waals surface area (Å²) in [5.41, 5.74) is 0.980. The molecule has 1 rings (SSSR count). The number of nitrogens with one attached hydrogen (secondary N) is 1. The molecule has 1 unspecified atom stereocenters. The number of nitrogens with zero attached hydrogens (tertiary/aromatic N) is 1. The van der Waals surface area contributed by atoms with Crippen LogP contribution >= 0.6 is 0 Å². The highest BCUT2D eigenvalue weighted by atomic mass is 16.3. The zero-order valence-electron chi connectivity index (χ0n) is 11.3. The third kappa shape index (κ3) is 4.11. The van der Waals surface area contributed by atoms with Crippen LogP contribution in [0.4, 0.5) is 0 Å². The molecule has 1 amide bonds. The first-order chi connectivity index (χ1) is 8.56. The molecular formula is C14H22N2O2. The van der Waals surface area contributed by atoms with E-state index in [1.165, 1.54) is 0 Å². The summed E-state index contributed by atoms with van der Waals surface area (Å²) in [6.07, 6.45) is 4.25. The summed E-state index contributed by atoms with van der Waals surface area (Å²) in [5.74, 6) is -0.320. The highest BCUT2D eigenvalue weighted by Crippen LogP contribution is 2.14. The van der Waals surface area contributed by atoms with Crippen molar-refractivity contribution in [1.29, 1.82) is 0 Å². The Morgan fingerprint density at radius 3 is 2.56 bits per heavy atom. The molecule has 0 aliphatic rings. The van der Waals surface area contributed by atoms with Gasteiger partial charge in [-0.3, -0.25) is 9.78 Å². The van der Waals surface area contributed by atoms with Gasteiger partial charge in [-0.15, -0.1) is 0 Å². The number of hydrogen-bond acceptors (Lipinski definition) is 3. The van der Waals surface area contributed by atoms with Crippen LogP contribution in [0.1, 0.15) is 45.2 Å². The molecular weight excluding hydrogens is 228 g/mol. The van der Waals surface area contributed by atoms with Crippen LogP contribution in [0.5, 0.6) is 0 Å². The predicted octanol–water partition coefficient (Wildman–Crippen LogP) is 2.06. The molecule has 3 atom stereocenters. The van der Waals surface area contributed by atoms with Gasteiger partial charge in [-0.25, -0.2) is 0 Å². The number of rotatable bonds is 6. The fourth-order valence-electron chi connectivity index (χ4n) is 1.91. The fraction of sp³-hybridized carbons (Fsp3) is 0.571. The molecule has 4 heteroatoms. The monoisotopic (exact) mass is 250 g/mol. The Hall–Kier alpha value is -1.42. The number of aromatic nitrogens is 1. The van der Waals surface area contributed by atoms with Gasteiger partial charge in [0.05, 0.1) is 6.04 Å². The zero-order chi connectivity index (χ0) is 13.5. The Morgan fingerprint density at radius 2 is 2.00 bits per heavy atom. The van der Waals surface area contributed by atoms with Crippen molar-refractivity contribution >= 4 is 5.91 Å². The van der Waals surface area contributed by atoms with Gasteiger partial charge >= 0.3 is 0 Å². The quantitative estimate of drug-likeness (QED) is 0.812. The maximum absolute atomic E-state index is 11.9. The Labute approximate surface area is 108 Å². The summed E-state index contributed by atoms with van der Waals surface area (Å²) >= 11 is 0. The lowest BCUT2D eigenvalue weighted by atomic mass is 9.98. The predicted molar refractivity (Wildman–Crippen MR) is 70.9 cm³/mol. The van der Waals surface area contributed by atoms with Gasteiger partial charge in [-0.1, -0.05) is 20.3 Å². The Kier molecular flexibility index (Phi) is 5.78. The van der Waals surface area contributed by atoms with E-state index >= 15 is 0 Å². The Balaban J connectivity index is 2.54. The van der Waals surface area contributed by atoms with E-state index in [2.05, 4.69) is 10.3 Å². The lowest BCUT2D eigenvalue weighted by Crippen LogP contribution is -2.39. The summed E-state index contributed by atoms with van der Waals surface area (Å²) in [6.45, 7) is 5.83. The van der Waals surface area contributed by atoms with Crippen molar-refractivity contribution in [3.63, 3.8) is 0 Å². The second-order valence-corrected chi connectivity index (χ2v) is 4.72. The van der Waals surface area contributed by atoms with Crippen LogP contribution in [0.3, 0.4) is 0 Å². The minimum absolute atomic E-state index is 0.0142. The lowest BCUT2D eigenvalue weighted by Gasteiger charge is -2.21. The molecule has 2 N–H and O–H groups in total. The third-order valence-corrected chi connectivity index (χ3v) is 3.12. The highest BCUT2D eigenvalue weighted by Gasteiger charge is 2.23. The molecule has 100 valence electrons. The average Bonchev–Trinajstić information content (AvgIpc) is 2.39. The van der Waals surface area contributed by atoms with Crippen molar-refractivity contribution < 1.29 is 9.90 Å². The third-order valence-electron chi connectivity index (χ3n) is 3.12. The van der Waals surface area contributed by atoms with Gasteiger partial charge in [0.2, 0.25) is 5.91 Å². The Bertz CT molecular complexity index is 367. The van der Waals surface area contributed by atoms with Crippen LogP contribution in [0, 0.1) is 5.92 Å². The van der Waals surface area contributed by atoms with Crippen LogP contribution in [0.15, 0.2) is 24.5 Å². The molecule has 1 aromatic rings. The first-order valence-corrected chi connectivity index (χ1v) is 6.44. The summed E-state index contributed by atoms with van der Waals surface area (Å²) in [5, 5.41) is 12.7. The van der Waals surface area contributed by atoms with Crippen LogP contribution in [-0.2, 0) is 4.79 Å². The van der Waals surface area contributed by atoms with E-state index in [1.54, 1.807) is 12.4 Å². The summed E-state index contributed by atoms with van der Waals surface area (Å²) < 4.78 is 0. The molecule has 0 bridgehead atoms. The van der Waals surface area contributed by atoms with E-state index in [0.29, 0.717) is 0 Å². The van der Waals surface area contributed by atoms with Gasteiger partial charge in [0.15, 0.2) is 0 Å². The number of hydrogen-bond donors (Lipinski definition) is 2. The maximum Gasteiger partial charge on any atom is 0.249 e. The number of pyridine rings is 1. The number of aliphatic hydroxyl groups excluding tert-OH is 1. The van der Waals surface area contributed by atoms with Crippen molar-refractivity contribution in [2.75, 3.05) is 0 Å². The molecule has 18 heavy (non-hydrogen) atoms. The summed E-state index contributed by atoms with van der Waals surface area (Å²) in [6, 6.07) is 3.59. The zero-order valence-corrected chi connectivity index (χ0v) is 11.3. The lowest BCUT2D eigenvalue weighted by molar-refractivity contribution is -0.132. The number of carbonyl (C=O) groups is 1. The topological polar surface area (TPSA) is 62.2 Å². The Morgan fingerprint density at radius 1 is 1.39 bits per heavy atom. The van der Waals surface area contributed by atoms with Crippen molar-refractivity contribution in [2.45, 2.75) is 45.8 Å². The van der Waals surface area contributed by atoms with E-state index in [0.717, 1.165) is 18.4 Å². The van der Waals surface area contributed by atoms with Gasteiger partial charge in [0.1, 0.15) is 6.10 Å². The van der Waals surface area contributed by atoms with Gasteiger partial charge < -0.3 is 10.4 Å². The molecule has 0 aliphatic heterocycles. The van der Waals surface area contributed by atoms with E-state index in [1.807, 2.05) is 32.9 Å². The van der Waals surface area contributed by atoms with Crippen molar-refractivity contribution in [3.8, 4) is 0 Å². The molecule has 4 nitrogen and oxygen atoms in total. The maximum atomic E-state index is 11.9. The van der Waals surface area contributed by atoms with Crippen LogP contribution in [0.2, 0.25) is 0 Å². The van der Waals surface area contributed by atoms with Gasteiger partial charge in [-0.2, -0.15) is 0 Å². The number of aliphatic hydroxyl groups is 1. The second-order valence-electron chi connectivity index (χ2n) is 4.72. The first kappa shape index (κ1) is 14.6. The highest BCUT2D eigenvalue weighted by molar-refractivity contribution is 5.81. The number of carbonyl (C=O) groups excluding carboxylic acids is 1.